The van der Waals surface area contributed by atoms with E-state index in [2.05, 4.69) is 43.5 Å². The molecule has 5 N–H and O–H groups in total. The molecule has 0 fully saturated rings. The number of unbranched alkanes of at least 4 members (excludes halogenated alkanes) is 21. The Balaban J connectivity index is 4.23. The highest BCUT2D eigenvalue weighted by Gasteiger charge is 2.26. The number of amides is 1. The minimum Gasteiger partial charge on any atom is -0.387 e. The van der Waals surface area contributed by atoms with Crippen LogP contribution < -0.4 is 11.1 Å². The van der Waals surface area contributed by atoms with Gasteiger partial charge in [0.1, 0.15) is 0 Å². The van der Waals surface area contributed by atoms with Gasteiger partial charge in [-0.25, -0.2) is 4.57 Å². The van der Waals surface area contributed by atoms with Gasteiger partial charge in [0.25, 0.3) is 0 Å². The summed E-state index contributed by atoms with van der Waals surface area (Å²) in [4.78, 5) is 22.6. The monoisotopic (exact) mass is 713 g/mol. The number of carbonyl (C=O) groups excluding carboxylic acids is 1. The molecule has 0 spiro atoms. The van der Waals surface area contributed by atoms with Crippen molar-refractivity contribution in [1.29, 1.82) is 0 Å². The molecule has 288 valence electrons. The number of rotatable bonds is 37. The Morgan fingerprint density at radius 2 is 1.08 bits per heavy atom. The van der Waals surface area contributed by atoms with E-state index in [1.54, 1.807) is 6.08 Å². The van der Waals surface area contributed by atoms with Crippen molar-refractivity contribution in [2.45, 2.75) is 193 Å². The molecule has 9 heteroatoms. The second-order valence-electron chi connectivity index (χ2n) is 13.5. The highest BCUT2D eigenvalue weighted by Crippen LogP contribution is 2.43. The van der Waals surface area contributed by atoms with Crippen LogP contribution in [0.3, 0.4) is 0 Å². The average Bonchev–Trinajstić information content (AvgIpc) is 3.09. The van der Waals surface area contributed by atoms with Crippen LogP contribution in [0.4, 0.5) is 0 Å². The summed E-state index contributed by atoms with van der Waals surface area (Å²) in [5, 5.41) is 13.6. The van der Waals surface area contributed by atoms with E-state index in [9.17, 15) is 19.4 Å². The molecule has 0 aliphatic heterocycles. The smallest absolute Gasteiger partial charge is 0.387 e. The van der Waals surface area contributed by atoms with Crippen molar-refractivity contribution in [3.05, 3.63) is 36.5 Å². The molecule has 0 heterocycles. The summed E-state index contributed by atoms with van der Waals surface area (Å²) in [6, 6.07) is -0.875. The first kappa shape index (κ1) is 47.7. The quantitative estimate of drug-likeness (QED) is 0.0286. The van der Waals surface area contributed by atoms with E-state index < -0.39 is 20.0 Å². The number of phosphoric ester groups is 1. The van der Waals surface area contributed by atoms with Crippen molar-refractivity contribution < 1.29 is 28.4 Å². The van der Waals surface area contributed by atoms with Crippen LogP contribution in [0.1, 0.15) is 181 Å². The molecule has 0 rings (SSSR count). The fraction of sp³-hybridized carbons (Fsp3) is 0.825. The third-order valence-corrected chi connectivity index (χ3v) is 9.67. The highest BCUT2D eigenvalue weighted by atomic mass is 31.2. The number of hydrogen-bond acceptors (Lipinski definition) is 6. The van der Waals surface area contributed by atoms with Crippen molar-refractivity contribution >= 4 is 13.7 Å². The molecule has 0 aromatic heterocycles. The second kappa shape index (κ2) is 36.5. The molecular weight excluding hydrogens is 635 g/mol. The van der Waals surface area contributed by atoms with Gasteiger partial charge >= 0.3 is 7.82 Å². The minimum absolute atomic E-state index is 0.0734. The third-order valence-electron chi connectivity index (χ3n) is 8.69. The molecule has 0 aliphatic carbocycles. The van der Waals surface area contributed by atoms with Gasteiger partial charge in [-0.2, -0.15) is 0 Å². The Morgan fingerprint density at radius 1 is 0.653 bits per heavy atom. The molecule has 0 aromatic rings. The predicted octanol–water partition coefficient (Wildman–Crippen LogP) is 10.8. The predicted molar refractivity (Wildman–Crippen MR) is 208 cm³/mol. The summed E-state index contributed by atoms with van der Waals surface area (Å²) in [5.74, 6) is -0.209. The molecule has 0 saturated heterocycles. The van der Waals surface area contributed by atoms with Gasteiger partial charge in [-0.15, -0.1) is 0 Å². The summed E-state index contributed by atoms with van der Waals surface area (Å²) in [6.45, 7) is 4.07. The largest absolute Gasteiger partial charge is 0.472 e. The molecular formula is C40H77N2O6P. The number of nitrogens with one attached hydrogen (secondary N) is 1. The fourth-order valence-corrected chi connectivity index (χ4v) is 6.37. The van der Waals surface area contributed by atoms with Crippen molar-refractivity contribution in [3.8, 4) is 0 Å². The van der Waals surface area contributed by atoms with E-state index in [0.717, 1.165) is 38.5 Å². The molecule has 0 radical (unpaired) electrons. The molecule has 8 nitrogen and oxygen atoms in total. The van der Waals surface area contributed by atoms with Crippen LogP contribution in [-0.2, 0) is 18.4 Å². The first-order valence-corrected chi connectivity index (χ1v) is 21.6. The van der Waals surface area contributed by atoms with Crippen LogP contribution in [0.25, 0.3) is 0 Å². The number of hydrogen-bond donors (Lipinski definition) is 4. The van der Waals surface area contributed by atoms with Gasteiger partial charge in [0.2, 0.25) is 5.91 Å². The maximum atomic E-state index is 12.7. The maximum Gasteiger partial charge on any atom is 0.472 e. The topological polar surface area (TPSA) is 131 Å². The number of nitrogens with two attached hydrogens (primary N) is 1. The Morgan fingerprint density at radius 3 is 1.57 bits per heavy atom. The number of carbonyl (C=O) groups is 1. The van der Waals surface area contributed by atoms with Crippen molar-refractivity contribution in [1.82, 2.24) is 5.32 Å². The zero-order valence-electron chi connectivity index (χ0n) is 31.7. The zero-order chi connectivity index (χ0) is 36.1. The SMILES string of the molecule is CCCCCCC/C=C/CC/C=C/C(O)C(COP(=O)(O)OCCN)NC(=O)CCCCCCCCCCC/C=C\CCCCCCCC. The van der Waals surface area contributed by atoms with E-state index in [0.29, 0.717) is 6.42 Å². The number of allylic oxidation sites excluding steroid dienone is 5. The Labute approximate surface area is 301 Å². The molecule has 0 saturated carbocycles. The van der Waals surface area contributed by atoms with Gasteiger partial charge in [0.15, 0.2) is 0 Å². The number of aliphatic hydroxyl groups is 1. The normalized spacial score (nSPS) is 14.6. The zero-order valence-corrected chi connectivity index (χ0v) is 32.6. The van der Waals surface area contributed by atoms with Crippen molar-refractivity contribution in [2.75, 3.05) is 19.8 Å². The first-order chi connectivity index (χ1) is 23.9. The lowest BCUT2D eigenvalue weighted by Crippen LogP contribution is -2.45. The summed E-state index contributed by atoms with van der Waals surface area (Å²) in [7, 11) is -4.34. The molecule has 0 aliphatic rings. The van der Waals surface area contributed by atoms with Gasteiger partial charge < -0.3 is 21.1 Å². The Hall–Kier alpha value is -1.28. The highest BCUT2D eigenvalue weighted by molar-refractivity contribution is 7.47. The molecule has 49 heavy (non-hydrogen) atoms. The molecule has 0 bridgehead atoms. The molecule has 1 amide bonds. The summed E-state index contributed by atoms with van der Waals surface area (Å²) in [5.41, 5.74) is 5.35. The van der Waals surface area contributed by atoms with Gasteiger partial charge in [0, 0.05) is 13.0 Å². The van der Waals surface area contributed by atoms with E-state index in [-0.39, 0.29) is 25.7 Å². The third kappa shape index (κ3) is 34.9. The van der Waals surface area contributed by atoms with E-state index >= 15 is 0 Å². The van der Waals surface area contributed by atoms with Crippen molar-refractivity contribution in [3.63, 3.8) is 0 Å². The summed E-state index contributed by atoms with van der Waals surface area (Å²) >= 11 is 0. The average molecular weight is 713 g/mol. The van der Waals surface area contributed by atoms with Crippen LogP contribution in [0.2, 0.25) is 0 Å². The van der Waals surface area contributed by atoms with Crippen LogP contribution in [0, 0.1) is 0 Å². The van der Waals surface area contributed by atoms with Crippen LogP contribution >= 0.6 is 7.82 Å². The van der Waals surface area contributed by atoms with E-state index in [1.165, 1.54) is 122 Å². The first-order valence-electron chi connectivity index (χ1n) is 20.1. The lowest BCUT2D eigenvalue weighted by molar-refractivity contribution is -0.123. The maximum absolute atomic E-state index is 12.7. The van der Waals surface area contributed by atoms with E-state index in [1.807, 2.05) is 6.08 Å². The van der Waals surface area contributed by atoms with Crippen molar-refractivity contribution in [2.24, 2.45) is 5.73 Å². The van der Waals surface area contributed by atoms with E-state index in [4.69, 9.17) is 14.8 Å². The lowest BCUT2D eigenvalue weighted by atomic mass is 10.0. The standard InChI is InChI=1S/C40H77N2O6P/c1-3-5-7-9-11-13-15-16-17-18-19-20-21-22-24-26-28-30-32-34-40(44)42-38(37-48-49(45,46)47-36-35-41)39(43)33-31-29-27-25-23-14-12-10-8-6-4-2/h16-17,23,25,31,33,38-39,43H,3-15,18-22,24,26-30,32,34-37,41H2,1-2H3,(H,42,44)(H,45,46)/b17-16-,25-23+,33-31+. The number of aliphatic hydroxyl groups excluding tert-OH is 1. The Bertz CT molecular complexity index is 866. The lowest BCUT2D eigenvalue weighted by Gasteiger charge is -2.23. The van der Waals surface area contributed by atoms with Gasteiger partial charge in [-0.1, -0.05) is 153 Å². The number of phosphoric acid groups is 1. The summed E-state index contributed by atoms with van der Waals surface area (Å²) in [6.07, 6.45) is 42.0. The van der Waals surface area contributed by atoms with Gasteiger partial charge in [-0.05, 0) is 57.8 Å². The molecule has 3 atom stereocenters. The van der Waals surface area contributed by atoms with Crippen LogP contribution in [0.5, 0.6) is 0 Å². The fourth-order valence-electron chi connectivity index (χ4n) is 5.61. The van der Waals surface area contributed by atoms with Gasteiger partial charge in [-0.3, -0.25) is 13.8 Å². The Kier molecular flexibility index (Phi) is 35.6. The minimum atomic E-state index is -4.34. The van der Waals surface area contributed by atoms with Crippen LogP contribution in [-0.4, -0.2) is 47.8 Å². The molecule has 0 aromatic carbocycles. The second-order valence-corrected chi connectivity index (χ2v) is 14.9. The van der Waals surface area contributed by atoms with Gasteiger partial charge in [0.05, 0.1) is 25.4 Å². The molecule has 3 unspecified atom stereocenters. The summed E-state index contributed by atoms with van der Waals surface area (Å²) < 4.78 is 22.0. The van der Waals surface area contributed by atoms with Crippen LogP contribution in [0.15, 0.2) is 36.5 Å².